The highest BCUT2D eigenvalue weighted by molar-refractivity contribution is 7.17. The quantitative estimate of drug-likeness (QED) is 0.803. The van der Waals surface area contributed by atoms with E-state index in [0.29, 0.717) is 0 Å². The van der Waals surface area contributed by atoms with Gasteiger partial charge in [0.25, 0.3) is 0 Å². The molecule has 0 heterocycles. The number of anilines is 1. The van der Waals surface area contributed by atoms with Crippen LogP contribution in [0.25, 0.3) is 0 Å². The van der Waals surface area contributed by atoms with Crippen molar-refractivity contribution in [2.45, 2.75) is 12.3 Å². The van der Waals surface area contributed by atoms with E-state index in [9.17, 15) is 0 Å². The molecule has 0 aliphatic rings. The number of rotatable bonds is 5. The maximum atomic E-state index is 3.50. The Morgan fingerprint density at radius 3 is 2.56 bits per heavy atom. The van der Waals surface area contributed by atoms with E-state index < -0.39 is 0 Å². The molecule has 0 amide bonds. The van der Waals surface area contributed by atoms with Crippen LogP contribution in [-0.4, -0.2) is 7.05 Å². The van der Waals surface area contributed by atoms with Gasteiger partial charge in [-0.15, -0.1) is 9.24 Å². The number of hydrogen-bond donors (Lipinski definition) is 2. The van der Waals surface area contributed by atoms with E-state index in [2.05, 4.69) is 68.4 Å². The fraction of sp³-hybridized carbons (Fsp3) is 0.200. The van der Waals surface area contributed by atoms with Crippen molar-refractivity contribution < 1.29 is 0 Å². The van der Waals surface area contributed by atoms with E-state index in [0.717, 1.165) is 12.2 Å². The van der Waals surface area contributed by atoms with Crippen molar-refractivity contribution in [2.75, 3.05) is 12.4 Å². The van der Waals surface area contributed by atoms with Crippen molar-refractivity contribution >= 4 is 14.9 Å². The van der Waals surface area contributed by atoms with E-state index in [1.165, 1.54) is 11.1 Å². The monoisotopic (exact) mass is 258 g/mol. The highest BCUT2D eigenvalue weighted by Gasteiger charge is 2.05. The number of hydrogen-bond acceptors (Lipinski definition) is 2. The van der Waals surface area contributed by atoms with Crippen LogP contribution in [0.4, 0.5) is 5.69 Å². The predicted molar refractivity (Wildman–Crippen MR) is 81.7 cm³/mol. The molecule has 0 aliphatic heterocycles. The lowest BCUT2D eigenvalue weighted by Gasteiger charge is -2.15. The molecule has 0 saturated carbocycles. The van der Waals surface area contributed by atoms with Crippen molar-refractivity contribution in [3.8, 4) is 0 Å². The fourth-order valence-corrected chi connectivity index (χ4v) is 2.15. The first kappa shape index (κ1) is 13.1. The van der Waals surface area contributed by atoms with Gasteiger partial charge in [-0.3, -0.25) is 0 Å². The molecule has 2 atom stereocenters. The molecule has 0 aliphatic carbocycles. The first-order valence-electron chi connectivity index (χ1n) is 6.10. The van der Waals surface area contributed by atoms with Gasteiger partial charge in [-0.05, 0) is 23.3 Å². The van der Waals surface area contributed by atoms with Crippen molar-refractivity contribution in [2.24, 2.45) is 0 Å². The first-order chi connectivity index (χ1) is 8.79. The largest absolute Gasteiger partial charge is 0.388 e. The van der Waals surface area contributed by atoms with E-state index in [1.807, 2.05) is 13.1 Å². The van der Waals surface area contributed by atoms with Crippen LogP contribution >= 0.6 is 9.24 Å². The molecule has 2 N–H and O–H groups in total. The van der Waals surface area contributed by atoms with Crippen molar-refractivity contribution in [3.05, 3.63) is 65.7 Å². The molecular weight excluding hydrogens is 239 g/mol. The van der Waals surface area contributed by atoms with Gasteiger partial charge in [-0.2, -0.15) is 0 Å². The molecule has 2 aromatic carbocycles. The Morgan fingerprint density at radius 2 is 1.83 bits per heavy atom. The molecule has 0 aromatic heterocycles. The van der Waals surface area contributed by atoms with Gasteiger partial charge in [-0.1, -0.05) is 42.5 Å². The minimum absolute atomic E-state index is 0.263. The maximum Gasteiger partial charge on any atom is 0.0467 e. The highest BCUT2D eigenvalue weighted by Crippen LogP contribution is 2.23. The van der Waals surface area contributed by atoms with Crippen LogP contribution in [-0.2, 0) is 6.54 Å². The second-order valence-corrected chi connectivity index (χ2v) is 4.89. The molecule has 18 heavy (non-hydrogen) atoms. The summed E-state index contributed by atoms with van der Waals surface area (Å²) in [4.78, 5) is 0. The molecule has 94 valence electrons. The fourth-order valence-electron chi connectivity index (χ4n) is 1.83. The summed E-state index contributed by atoms with van der Waals surface area (Å²) in [6.07, 6.45) is 0. The SMILES string of the molecule is CNc1cccc(C(P)NCc2ccccc2)c1. The topological polar surface area (TPSA) is 24.1 Å². The van der Waals surface area contributed by atoms with E-state index >= 15 is 0 Å². The molecular formula is C15H19N2P. The Labute approximate surface area is 111 Å². The van der Waals surface area contributed by atoms with Gasteiger partial charge in [0.15, 0.2) is 0 Å². The molecule has 2 rings (SSSR count). The molecule has 2 aromatic rings. The summed E-state index contributed by atoms with van der Waals surface area (Å²) in [5.74, 6) is 0.263. The third kappa shape index (κ3) is 3.56. The lowest BCUT2D eigenvalue weighted by Crippen LogP contribution is -2.15. The minimum atomic E-state index is 0.263. The molecule has 3 heteroatoms. The van der Waals surface area contributed by atoms with E-state index in [1.54, 1.807) is 0 Å². The average molecular weight is 258 g/mol. The van der Waals surface area contributed by atoms with E-state index in [-0.39, 0.29) is 5.78 Å². The minimum Gasteiger partial charge on any atom is -0.388 e. The van der Waals surface area contributed by atoms with Crippen LogP contribution in [0.5, 0.6) is 0 Å². The molecule has 0 saturated heterocycles. The standard InChI is InChI=1S/C15H19N2P/c1-16-14-9-5-8-13(10-14)15(18)17-11-12-6-3-2-4-7-12/h2-10,15-17H,11,18H2,1H3. The zero-order valence-corrected chi connectivity index (χ0v) is 11.7. The molecule has 0 fully saturated rings. The van der Waals surface area contributed by atoms with Crippen LogP contribution in [0.2, 0.25) is 0 Å². The molecule has 2 nitrogen and oxygen atoms in total. The summed E-state index contributed by atoms with van der Waals surface area (Å²) in [6.45, 7) is 0.874. The Morgan fingerprint density at radius 1 is 1.06 bits per heavy atom. The van der Waals surface area contributed by atoms with Crippen molar-refractivity contribution in [1.82, 2.24) is 5.32 Å². The van der Waals surface area contributed by atoms with Crippen LogP contribution in [0.3, 0.4) is 0 Å². The van der Waals surface area contributed by atoms with Crippen LogP contribution in [0.1, 0.15) is 16.9 Å². The summed E-state index contributed by atoms with van der Waals surface area (Å²) in [7, 11) is 4.79. The zero-order valence-electron chi connectivity index (χ0n) is 10.6. The summed E-state index contributed by atoms with van der Waals surface area (Å²) in [6, 6.07) is 18.9. The van der Waals surface area contributed by atoms with Gasteiger partial charge in [0.2, 0.25) is 0 Å². The normalized spacial score (nSPS) is 12.1. The van der Waals surface area contributed by atoms with Gasteiger partial charge < -0.3 is 10.6 Å². The summed E-state index contributed by atoms with van der Waals surface area (Å²) >= 11 is 0. The summed E-state index contributed by atoms with van der Waals surface area (Å²) < 4.78 is 0. The Kier molecular flexibility index (Phi) is 4.74. The molecule has 2 unspecified atom stereocenters. The lowest BCUT2D eigenvalue weighted by atomic mass is 10.2. The van der Waals surface area contributed by atoms with Gasteiger partial charge in [-0.25, -0.2) is 0 Å². The zero-order chi connectivity index (χ0) is 12.8. The molecule has 0 radical (unpaired) electrons. The number of nitrogens with one attached hydrogen (secondary N) is 2. The number of benzene rings is 2. The Hall–Kier alpha value is -1.37. The van der Waals surface area contributed by atoms with E-state index in [4.69, 9.17) is 0 Å². The van der Waals surface area contributed by atoms with Crippen LogP contribution in [0.15, 0.2) is 54.6 Å². The average Bonchev–Trinajstić information content (AvgIpc) is 2.46. The van der Waals surface area contributed by atoms with Gasteiger partial charge in [0.1, 0.15) is 0 Å². The summed E-state index contributed by atoms with van der Waals surface area (Å²) in [5, 5.41) is 6.66. The van der Waals surface area contributed by atoms with Crippen LogP contribution < -0.4 is 10.6 Å². The molecule has 0 spiro atoms. The van der Waals surface area contributed by atoms with Gasteiger partial charge in [0, 0.05) is 25.1 Å². The first-order valence-corrected chi connectivity index (χ1v) is 6.77. The third-order valence-electron chi connectivity index (χ3n) is 2.90. The second kappa shape index (κ2) is 6.53. The van der Waals surface area contributed by atoms with Crippen LogP contribution in [0, 0.1) is 0 Å². The van der Waals surface area contributed by atoms with Crippen molar-refractivity contribution in [3.63, 3.8) is 0 Å². The third-order valence-corrected chi connectivity index (χ3v) is 3.52. The molecule has 0 bridgehead atoms. The lowest BCUT2D eigenvalue weighted by molar-refractivity contribution is 0.678. The maximum absolute atomic E-state index is 3.50. The Balaban J connectivity index is 1.97. The Bertz CT molecular complexity index is 485. The van der Waals surface area contributed by atoms with Gasteiger partial charge in [0.05, 0.1) is 0 Å². The van der Waals surface area contributed by atoms with Gasteiger partial charge >= 0.3 is 0 Å². The smallest absolute Gasteiger partial charge is 0.0467 e. The predicted octanol–water partition coefficient (Wildman–Crippen LogP) is 3.39. The van der Waals surface area contributed by atoms with Crippen molar-refractivity contribution in [1.29, 1.82) is 0 Å². The second-order valence-electron chi connectivity index (χ2n) is 4.22. The summed E-state index contributed by atoms with van der Waals surface area (Å²) in [5.41, 5.74) is 3.71. The highest BCUT2D eigenvalue weighted by atomic mass is 31.0.